The number of rotatable bonds is 5. The van der Waals surface area contributed by atoms with Crippen molar-refractivity contribution in [1.82, 2.24) is 29.6 Å². The summed E-state index contributed by atoms with van der Waals surface area (Å²) in [6, 6.07) is 8.47. The molecular weight excluding hydrogens is 395 g/mol. The maximum atomic E-state index is 13.5. The van der Waals surface area contributed by atoms with E-state index in [0.29, 0.717) is 5.16 Å². The smallest absolute Gasteiger partial charge is 0.202 e. The van der Waals surface area contributed by atoms with E-state index in [9.17, 15) is 4.39 Å². The van der Waals surface area contributed by atoms with E-state index in [4.69, 9.17) is 0 Å². The molecule has 4 rings (SSSR count). The highest BCUT2D eigenvalue weighted by Gasteiger charge is 2.22. The van der Waals surface area contributed by atoms with E-state index >= 15 is 0 Å². The predicted octanol–water partition coefficient (Wildman–Crippen LogP) is 4.49. The highest BCUT2D eigenvalue weighted by Crippen LogP contribution is 2.35. The Morgan fingerprint density at radius 3 is 2.61 bits per heavy atom. The summed E-state index contributed by atoms with van der Waals surface area (Å²) in [4.78, 5) is 13.0. The van der Waals surface area contributed by atoms with E-state index in [1.54, 1.807) is 29.8 Å². The zero-order valence-corrected chi connectivity index (χ0v) is 17.6. The van der Waals surface area contributed by atoms with Crippen molar-refractivity contribution in [3.63, 3.8) is 0 Å². The molecule has 3 aromatic heterocycles. The first-order valence-corrected chi connectivity index (χ1v) is 10.3. The Hall–Kier alpha value is -2.36. The fraction of sp³-hybridized carbons (Fsp3) is 0.263. The SMILES string of the molecule is Cc1cc2c(Sc3nnc(C(C)N(C)C)n3-c3ccc(F)cc3)ncnc2s1. The van der Waals surface area contributed by atoms with Crippen LogP contribution in [0.15, 0.2) is 46.8 Å². The second kappa shape index (κ2) is 7.57. The van der Waals surface area contributed by atoms with E-state index < -0.39 is 0 Å². The van der Waals surface area contributed by atoms with Crippen LogP contribution in [0.25, 0.3) is 15.9 Å². The van der Waals surface area contributed by atoms with Crippen molar-refractivity contribution in [3.05, 3.63) is 53.2 Å². The summed E-state index contributed by atoms with van der Waals surface area (Å²) in [5.41, 5.74) is 0.810. The van der Waals surface area contributed by atoms with Crippen LogP contribution in [0.5, 0.6) is 0 Å². The number of aryl methyl sites for hydroxylation is 1. The van der Waals surface area contributed by atoms with Crippen molar-refractivity contribution in [3.8, 4) is 5.69 Å². The molecule has 144 valence electrons. The number of halogens is 1. The van der Waals surface area contributed by atoms with Gasteiger partial charge >= 0.3 is 0 Å². The Balaban J connectivity index is 1.83. The van der Waals surface area contributed by atoms with Crippen molar-refractivity contribution >= 4 is 33.3 Å². The molecule has 9 heteroatoms. The van der Waals surface area contributed by atoms with Crippen LogP contribution in [0.4, 0.5) is 4.39 Å². The molecule has 28 heavy (non-hydrogen) atoms. The van der Waals surface area contributed by atoms with Crippen molar-refractivity contribution in [2.24, 2.45) is 0 Å². The minimum absolute atomic E-state index is 0.0284. The first-order valence-electron chi connectivity index (χ1n) is 8.70. The minimum atomic E-state index is -0.278. The van der Waals surface area contributed by atoms with Gasteiger partial charge in [-0.3, -0.25) is 9.47 Å². The number of thiophene rings is 1. The predicted molar refractivity (Wildman–Crippen MR) is 110 cm³/mol. The van der Waals surface area contributed by atoms with Crippen molar-refractivity contribution in [2.75, 3.05) is 14.1 Å². The lowest BCUT2D eigenvalue weighted by atomic mass is 10.2. The Kier molecular flexibility index (Phi) is 5.13. The molecule has 0 N–H and O–H groups in total. The van der Waals surface area contributed by atoms with E-state index in [-0.39, 0.29) is 11.9 Å². The van der Waals surface area contributed by atoms with E-state index in [1.165, 1.54) is 28.8 Å². The van der Waals surface area contributed by atoms with Crippen LogP contribution in [-0.2, 0) is 0 Å². The van der Waals surface area contributed by atoms with Crippen LogP contribution in [0.2, 0.25) is 0 Å². The molecular formula is C19H19FN6S2. The molecule has 0 amide bonds. The van der Waals surface area contributed by atoms with Crippen LogP contribution in [0.3, 0.4) is 0 Å². The minimum Gasteiger partial charge on any atom is -0.300 e. The van der Waals surface area contributed by atoms with Crippen LogP contribution in [-0.4, -0.2) is 43.7 Å². The monoisotopic (exact) mass is 414 g/mol. The third-order valence-corrected chi connectivity index (χ3v) is 6.42. The molecule has 1 unspecified atom stereocenters. The molecule has 6 nitrogen and oxygen atoms in total. The molecule has 3 heterocycles. The second-order valence-electron chi connectivity index (χ2n) is 6.65. The highest BCUT2D eigenvalue weighted by atomic mass is 32.2. The number of benzene rings is 1. The van der Waals surface area contributed by atoms with Gasteiger partial charge in [0.2, 0.25) is 5.16 Å². The zero-order chi connectivity index (χ0) is 19.8. The normalized spacial score (nSPS) is 12.8. The molecule has 0 saturated carbocycles. The average molecular weight is 415 g/mol. The fourth-order valence-corrected chi connectivity index (χ4v) is 4.63. The Morgan fingerprint density at radius 1 is 1.14 bits per heavy atom. The van der Waals surface area contributed by atoms with E-state index in [1.807, 2.05) is 18.7 Å². The van der Waals surface area contributed by atoms with E-state index in [2.05, 4.69) is 45.0 Å². The van der Waals surface area contributed by atoms with Crippen LogP contribution < -0.4 is 0 Å². The van der Waals surface area contributed by atoms with Crippen LogP contribution >= 0.6 is 23.1 Å². The van der Waals surface area contributed by atoms with Crippen molar-refractivity contribution < 1.29 is 4.39 Å². The molecule has 0 radical (unpaired) electrons. The largest absolute Gasteiger partial charge is 0.300 e. The molecule has 0 aliphatic rings. The summed E-state index contributed by atoms with van der Waals surface area (Å²) in [5, 5.41) is 11.4. The number of hydrogen-bond donors (Lipinski definition) is 0. The Bertz CT molecular complexity index is 1120. The first-order chi connectivity index (χ1) is 13.4. The maximum absolute atomic E-state index is 13.5. The lowest BCUT2D eigenvalue weighted by molar-refractivity contribution is 0.305. The molecule has 0 saturated heterocycles. The Labute approximate surface area is 170 Å². The van der Waals surface area contributed by atoms with Crippen LogP contribution in [0.1, 0.15) is 23.7 Å². The van der Waals surface area contributed by atoms with Gasteiger partial charge in [0.15, 0.2) is 5.82 Å². The molecule has 0 aliphatic carbocycles. The number of hydrogen-bond acceptors (Lipinski definition) is 7. The number of aromatic nitrogens is 5. The van der Waals surface area contributed by atoms with Crippen LogP contribution in [0, 0.1) is 12.7 Å². The van der Waals surface area contributed by atoms with Gasteiger partial charge < -0.3 is 0 Å². The zero-order valence-electron chi connectivity index (χ0n) is 15.9. The Morgan fingerprint density at radius 2 is 1.89 bits per heavy atom. The van der Waals surface area contributed by atoms with Gasteiger partial charge in [-0.15, -0.1) is 21.5 Å². The summed E-state index contributed by atoms with van der Waals surface area (Å²) < 4.78 is 15.4. The maximum Gasteiger partial charge on any atom is 0.202 e. The molecule has 0 fully saturated rings. The van der Waals surface area contributed by atoms with Crippen molar-refractivity contribution in [1.29, 1.82) is 0 Å². The third-order valence-electron chi connectivity index (χ3n) is 4.50. The fourth-order valence-electron chi connectivity index (χ4n) is 2.80. The summed E-state index contributed by atoms with van der Waals surface area (Å²) in [7, 11) is 3.98. The van der Waals surface area contributed by atoms with E-state index in [0.717, 1.165) is 26.8 Å². The standard InChI is InChI=1S/C19H19FN6S2/c1-11-9-15-17(27-11)21-10-22-18(15)28-19-24-23-16(12(2)25(3)4)26(19)14-7-5-13(20)6-8-14/h5-10,12H,1-4H3. The lowest BCUT2D eigenvalue weighted by Gasteiger charge is -2.20. The topological polar surface area (TPSA) is 59.7 Å². The van der Waals surface area contributed by atoms with Gasteiger partial charge in [-0.25, -0.2) is 14.4 Å². The summed E-state index contributed by atoms with van der Waals surface area (Å²) in [5.74, 6) is 0.505. The van der Waals surface area contributed by atoms with Gasteiger partial charge in [0.1, 0.15) is 22.0 Å². The molecule has 0 aliphatic heterocycles. The third kappa shape index (κ3) is 3.52. The number of nitrogens with zero attached hydrogens (tertiary/aromatic N) is 6. The quantitative estimate of drug-likeness (QED) is 0.448. The average Bonchev–Trinajstić information content (AvgIpc) is 3.25. The highest BCUT2D eigenvalue weighted by molar-refractivity contribution is 7.99. The van der Waals surface area contributed by atoms with Gasteiger partial charge in [0, 0.05) is 16.0 Å². The second-order valence-corrected chi connectivity index (χ2v) is 8.84. The summed E-state index contributed by atoms with van der Waals surface area (Å²) in [6.07, 6.45) is 1.57. The molecule has 4 aromatic rings. The first kappa shape index (κ1) is 19.0. The molecule has 1 aromatic carbocycles. The van der Waals surface area contributed by atoms with Gasteiger partial charge in [0.25, 0.3) is 0 Å². The van der Waals surface area contributed by atoms with Crippen molar-refractivity contribution in [2.45, 2.75) is 30.1 Å². The lowest BCUT2D eigenvalue weighted by Crippen LogP contribution is -2.20. The summed E-state index contributed by atoms with van der Waals surface area (Å²) in [6.45, 7) is 4.11. The molecule has 0 bridgehead atoms. The van der Waals surface area contributed by atoms with Gasteiger partial charge in [-0.2, -0.15) is 0 Å². The van der Waals surface area contributed by atoms with Gasteiger partial charge in [-0.05, 0) is 70.0 Å². The summed E-state index contributed by atoms with van der Waals surface area (Å²) >= 11 is 3.08. The number of fused-ring (bicyclic) bond motifs is 1. The van der Waals surface area contributed by atoms with Gasteiger partial charge in [-0.1, -0.05) is 0 Å². The van der Waals surface area contributed by atoms with Gasteiger partial charge in [0.05, 0.1) is 6.04 Å². The molecule has 0 spiro atoms. The molecule has 1 atom stereocenters.